The fraction of sp³-hybridized carbons (Fsp3) is 0.273. The van der Waals surface area contributed by atoms with Gasteiger partial charge in [0.15, 0.2) is 16.6 Å². The minimum atomic E-state index is -3.02. The van der Waals surface area contributed by atoms with Crippen molar-refractivity contribution in [3.8, 4) is 11.5 Å². The van der Waals surface area contributed by atoms with E-state index in [-0.39, 0.29) is 22.2 Å². The van der Waals surface area contributed by atoms with Crippen LogP contribution in [-0.4, -0.2) is 31.9 Å². The molecule has 1 unspecified atom stereocenters. The number of esters is 1. The van der Waals surface area contributed by atoms with Gasteiger partial charge in [-0.1, -0.05) is 12.1 Å². The van der Waals surface area contributed by atoms with Gasteiger partial charge in [0.05, 0.1) is 31.5 Å². The van der Waals surface area contributed by atoms with E-state index in [0.29, 0.717) is 22.5 Å². The van der Waals surface area contributed by atoms with Crippen molar-refractivity contribution in [2.24, 2.45) is 0 Å². The number of carbonyl (C=O) groups is 1. The van der Waals surface area contributed by atoms with Crippen LogP contribution in [0.2, 0.25) is 0 Å². The zero-order chi connectivity index (χ0) is 23.6. The summed E-state index contributed by atoms with van der Waals surface area (Å²) in [5, 5.41) is 3.27. The molecule has 1 aliphatic heterocycles. The van der Waals surface area contributed by atoms with Crippen LogP contribution >= 0.6 is 12.2 Å². The smallest absolute Gasteiger partial charge is 0.387 e. The number of nitrogens with zero attached hydrogens (tertiary/aromatic N) is 1. The Balaban J connectivity index is 2.11. The van der Waals surface area contributed by atoms with E-state index in [1.165, 1.54) is 43.4 Å². The predicted molar refractivity (Wildman–Crippen MR) is 116 cm³/mol. The maximum atomic E-state index is 14.2. The zero-order valence-electron chi connectivity index (χ0n) is 17.7. The third kappa shape index (κ3) is 4.50. The molecule has 0 spiro atoms. The summed E-state index contributed by atoms with van der Waals surface area (Å²) in [7, 11) is 2.55. The molecule has 0 aromatic heterocycles. The van der Waals surface area contributed by atoms with Crippen LogP contribution in [0.3, 0.4) is 0 Å². The molecular weight excluding hydrogens is 445 g/mol. The first-order valence-electron chi connectivity index (χ1n) is 9.46. The van der Waals surface area contributed by atoms with Crippen molar-refractivity contribution in [1.82, 2.24) is 5.32 Å². The topological polar surface area (TPSA) is 60.0 Å². The van der Waals surface area contributed by atoms with Gasteiger partial charge in [0, 0.05) is 5.70 Å². The lowest BCUT2D eigenvalue weighted by molar-refractivity contribution is -0.136. The molecule has 32 heavy (non-hydrogen) atoms. The first-order valence-corrected chi connectivity index (χ1v) is 9.87. The number of allylic oxidation sites excluding steroid dienone is 1. The van der Waals surface area contributed by atoms with Crippen LogP contribution in [-0.2, 0) is 9.53 Å². The molecule has 2 aromatic rings. The fourth-order valence-corrected chi connectivity index (χ4v) is 3.82. The number of hydrogen-bond donors (Lipinski definition) is 1. The number of thiocarbonyl (C=S) groups is 1. The first-order chi connectivity index (χ1) is 15.2. The van der Waals surface area contributed by atoms with Gasteiger partial charge < -0.3 is 19.5 Å². The van der Waals surface area contributed by atoms with Gasteiger partial charge in [0.1, 0.15) is 5.82 Å². The van der Waals surface area contributed by atoms with Gasteiger partial charge in [0.2, 0.25) is 0 Å². The van der Waals surface area contributed by atoms with Crippen LogP contribution in [0.15, 0.2) is 47.7 Å². The molecule has 0 fully saturated rings. The summed E-state index contributed by atoms with van der Waals surface area (Å²) in [6.45, 7) is 0.279. The van der Waals surface area contributed by atoms with E-state index >= 15 is 0 Å². The lowest BCUT2D eigenvalue weighted by Gasteiger charge is -2.37. The summed E-state index contributed by atoms with van der Waals surface area (Å²) >= 11 is 5.51. The molecular formula is C22H21F3N2O4S. The van der Waals surface area contributed by atoms with E-state index < -0.39 is 24.4 Å². The SMILES string of the molecule is COC(=O)C1=C(C)N(c2ccc(C)c(F)c2)C(=S)NC1c1ccc(OC(F)F)c(OC)c1. The lowest BCUT2D eigenvalue weighted by Crippen LogP contribution is -2.48. The Morgan fingerprint density at radius 3 is 2.44 bits per heavy atom. The van der Waals surface area contributed by atoms with E-state index in [1.54, 1.807) is 26.0 Å². The number of hydrogen-bond acceptors (Lipinski definition) is 5. The lowest BCUT2D eigenvalue weighted by atomic mass is 9.94. The highest BCUT2D eigenvalue weighted by Crippen LogP contribution is 2.38. The molecule has 2 aromatic carbocycles. The number of benzene rings is 2. The van der Waals surface area contributed by atoms with Crippen LogP contribution in [0.1, 0.15) is 24.1 Å². The summed E-state index contributed by atoms with van der Waals surface area (Å²) in [6.07, 6.45) is 0. The van der Waals surface area contributed by atoms with Crippen molar-refractivity contribution in [2.75, 3.05) is 19.1 Å². The molecule has 0 aliphatic carbocycles. The van der Waals surface area contributed by atoms with E-state index in [4.69, 9.17) is 21.7 Å². The summed E-state index contributed by atoms with van der Waals surface area (Å²) in [6, 6.07) is 8.14. The number of rotatable bonds is 6. The number of aryl methyl sites for hydroxylation is 1. The highest BCUT2D eigenvalue weighted by Gasteiger charge is 2.36. The highest BCUT2D eigenvalue weighted by atomic mass is 32.1. The average molecular weight is 466 g/mol. The number of carbonyl (C=O) groups excluding carboxylic acids is 1. The molecule has 0 saturated heterocycles. The van der Waals surface area contributed by atoms with Gasteiger partial charge in [-0.15, -0.1) is 0 Å². The number of halogens is 3. The summed E-state index contributed by atoms with van der Waals surface area (Å²) in [5.41, 5.74) is 2.05. The molecule has 1 aliphatic rings. The van der Waals surface area contributed by atoms with Crippen molar-refractivity contribution in [1.29, 1.82) is 0 Å². The highest BCUT2D eigenvalue weighted by molar-refractivity contribution is 7.80. The van der Waals surface area contributed by atoms with Crippen molar-refractivity contribution < 1.29 is 32.2 Å². The first kappa shape index (κ1) is 23.4. The molecule has 0 radical (unpaired) electrons. The minimum Gasteiger partial charge on any atom is -0.493 e. The van der Waals surface area contributed by atoms with Crippen molar-refractivity contribution in [3.05, 3.63) is 64.6 Å². The molecule has 0 amide bonds. The molecule has 170 valence electrons. The Labute approximate surface area is 188 Å². The monoisotopic (exact) mass is 466 g/mol. The van der Waals surface area contributed by atoms with Gasteiger partial charge in [-0.25, -0.2) is 9.18 Å². The van der Waals surface area contributed by atoms with E-state index in [9.17, 15) is 18.0 Å². The van der Waals surface area contributed by atoms with Crippen LogP contribution in [0.5, 0.6) is 11.5 Å². The summed E-state index contributed by atoms with van der Waals surface area (Å²) < 4.78 is 54.1. The second kappa shape index (κ2) is 9.47. The third-order valence-corrected chi connectivity index (χ3v) is 5.34. The average Bonchev–Trinajstić information content (AvgIpc) is 2.75. The van der Waals surface area contributed by atoms with Crippen LogP contribution < -0.4 is 19.7 Å². The van der Waals surface area contributed by atoms with Gasteiger partial charge in [-0.05, 0) is 61.5 Å². The second-order valence-corrected chi connectivity index (χ2v) is 7.32. The molecule has 1 atom stereocenters. The molecule has 0 bridgehead atoms. The maximum absolute atomic E-state index is 14.2. The van der Waals surface area contributed by atoms with Crippen molar-refractivity contribution in [2.45, 2.75) is 26.5 Å². The number of methoxy groups -OCH3 is 2. The number of alkyl halides is 2. The van der Waals surface area contributed by atoms with E-state index in [0.717, 1.165) is 0 Å². The van der Waals surface area contributed by atoms with Crippen LogP contribution in [0.25, 0.3) is 0 Å². The maximum Gasteiger partial charge on any atom is 0.387 e. The minimum absolute atomic E-state index is 0.0559. The Hall–Kier alpha value is -3.27. The zero-order valence-corrected chi connectivity index (χ0v) is 18.6. The normalized spacial score (nSPS) is 16.2. The molecule has 0 saturated carbocycles. The number of nitrogens with one attached hydrogen (secondary N) is 1. The summed E-state index contributed by atoms with van der Waals surface area (Å²) in [5.74, 6) is -1.15. The quantitative estimate of drug-likeness (QED) is 0.492. The Morgan fingerprint density at radius 2 is 1.84 bits per heavy atom. The van der Waals surface area contributed by atoms with E-state index in [1.807, 2.05) is 0 Å². The standard InChI is InChI=1S/C22H21F3N2O4S/c1-11-5-7-14(10-15(11)23)27-12(2)18(20(28)30-4)19(26-22(27)32)13-6-8-16(31-21(24)25)17(9-13)29-3/h5-10,19,21H,1-4H3,(H,26,32). The van der Waals surface area contributed by atoms with Gasteiger partial charge >= 0.3 is 12.6 Å². The Bertz CT molecular complexity index is 1090. The summed E-state index contributed by atoms with van der Waals surface area (Å²) in [4.78, 5) is 14.2. The van der Waals surface area contributed by atoms with Crippen molar-refractivity contribution in [3.63, 3.8) is 0 Å². The van der Waals surface area contributed by atoms with E-state index in [2.05, 4.69) is 10.1 Å². The molecule has 1 heterocycles. The fourth-order valence-electron chi connectivity index (χ4n) is 3.46. The Kier molecular flexibility index (Phi) is 6.93. The number of ether oxygens (including phenoxy) is 3. The second-order valence-electron chi connectivity index (χ2n) is 6.93. The predicted octanol–water partition coefficient (Wildman–Crippen LogP) is 4.63. The van der Waals surface area contributed by atoms with Gasteiger partial charge in [0.25, 0.3) is 0 Å². The largest absolute Gasteiger partial charge is 0.493 e. The molecule has 3 rings (SSSR count). The van der Waals surface area contributed by atoms with Crippen molar-refractivity contribution >= 4 is 29.0 Å². The molecule has 6 nitrogen and oxygen atoms in total. The van der Waals surface area contributed by atoms with Crippen LogP contribution in [0, 0.1) is 12.7 Å². The van der Waals surface area contributed by atoms with Gasteiger partial charge in [-0.3, -0.25) is 4.90 Å². The van der Waals surface area contributed by atoms with Crippen LogP contribution in [0.4, 0.5) is 18.9 Å². The molecule has 10 heteroatoms. The van der Waals surface area contributed by atoms with Gasteiger partial charge in [-0.2, -0.15) is 8.78 Å². The third-order valence-electron chi connectivity index (χ3n) is 5.04. The Morgan fingerprint density at radius 1 is 1.12 bits per heavy atom. The molecule has 1 N–H and O–H groups in total. The number of anilines is 1.